The van der Waals surface area contributed by atoms with E-state index in [4.69, 9.17) is 0 Å². The third-order valence-electron chi connectivity index (χ3n) is 3.29. The van der Waals surface area contributed by atoms with Crippen molar-refractivity contribution in [2.24, 2.45) is 11.3 Å². The first kappa shape index (κ1) is 10.2. The van der Waals surface area contributed by atoms with Gasteiger partial charge in [-0.3, -0.25) is 4.98 Å². The first-order chi connectivity index (χ1) is 7.12. The van der Waals surface area contributed by atoms with Gasteiger partial charge in [-0.2, -0.15) is 0 Å². The Morgan fingerprint density at radius 1 is 1.33 bits per heavy atom. The van der Waals surface area contributed by atoms with Crippen molar-refractivity contribution in [3.05, 3.63) is 41.0 Å². The Labute approximate surface area is 90.9 Å². The average molecular weight is 199 g/mol. The number of hydrogen-bond donors (Lipinski definition) is 0. The van der Waals surface area contributed by atoms with Crippen LogP contribution < -0.4 is 10.6 Å². The average Bonchev–Trinajstić information content (AvgIpc) is 2.36. The monoisotopic (exact) mass is 199 g/mol. The maximum absolute atomic E-state index is 4.43. The maximum atomic E-state index is 4.43. The van der Waals surface area contributed by atoms with Crippen LogP contribution in [0, 0.1) is 11.3 Å². The van der Waals surface area contributed by atoms with E-state index in [0.717, 1.165) is 5.35 Å². The van der Waals surface area contributed by atoms with Gasteiger partial charge in [-0.15, -0.1) is 0 Å². The number of rotatable bonds is 1. The summed E-state index contributed by atoms with van der Waals surface area (Å²) in [5, 5.41) is 2.30. The minimum Gasteiger partial charge on any atom is -0.257 e. The quantitative estimate of drug-likeness (QED) is 0.673. The summed E-state index contributed by atoms with van der Waals surface area (Å²) in [5.74, 6) is 0.579. The third-order valence-corrected chi connectivity index (χ3v) is 3.29. The minimum atomic E-state index is 0.107. The van der Waals surface area contributed by atoms with Crippen molar-refractivity contribution in [1.29, 1.82) is 0 Å². The molecule has 15 heavy (non-hydrogen) atoms. The van der Waals surface area contributed by atoms with Gasteiger partial charge < -0.3 is 0 Å². The van der Waals surface area contributed by atoms with Crippen molar-refractivity contribution in [3.63, 3.8) is 0 Å². The minimum absolute atomic E-state index is 0.107. The molecule has 78 valence electrons. The van der Waals surface area contributed by atoms with Gasteiger partial charge in [0.25, 0.3) is 0 Å². The van der Waals surface area contributed by atoms with Crippen LogP contribution in [0.25, 0.3) is 12.2 Å². The Bertz CT molecular complexity index is 496. The summed E-state index contributed by atoms with van der Waals surface area (Å²) in [6.07, 6.45) is 10.7. The third kappa shape index (κ3) is 1.87. The Hall–Kier alpha value is -1.37. The largest absolute Gasteiger partial charge is 0.257 e. The second kappa shape index (κ2) is 3.65. The molecule has 0 radical (unpaired) electrons. The molecule has 1 atom stereocenters. The van der Waals surface area contributed by atoms with Crippen LogP contribution in [0.1, 0.15) is 20.8 Å². The number of allylic oxidation sites excluding steroid dienone is 2. The molecule has 2 rings (SSSR count). The van der Waals surface area contributed by atoms with E-state index < -0.39 is 0 Å². The molecule has 0 aromatic carbocycles. The number of nitrogens with zero attached hydrogens (tertiary/aromatic N) is 1. The number of pyridine rings is 1. The van der Waals surface area contributed by atoms with Crippen molar-refractivity contribution < 1.29 is 0 Å². The summed E-state index contributed by atoms with van der Waals surface area (Å²) in [6, 6.07) is 4.09. The van der Waals surface area contributed by atoms with Gasteiger partial charge in [0.15, 0.2) is 0 Å². The molecule has 0 spiro atoms. The molecular formula is C14H17N. The first-order valence-electron chi connectivity index (χ1n) is 5.45. The Balaban J connectivity index is 2.68. The molecule has 0 bridgehead atoms. The molecular weight excluding hydrogens is 182 g/mol. The fraction of sp³-hybridized carbons (Fsp3) is 0.357. The first-order valence-corrected chi connectivity index (χ1v) is 5.45. The second-order valence-corrected chi connectivity index (χ2v) is 4.67. The normalized spacial score (nSPS) is 24.0. The van der Waals surface area contributed by atoms with E-state index in [2.05, 4.69) is 56.1 Å². The molecule has 1 aliphatic carbocycles. The highest BCUT2D eigenvalue weighted by Gasteiger charge is 2.22. The topological polar surface area (TPSA) is 12.9 Å². The molecule has 1 heterocycles. The SMILES string of the molecule is CC(C)C1(C)C=CC=c2cccnc2=C1. The van der Waals surface area contributed by atoms with Gasteiger partial charge in [-0.1, -0.05) is 45.1 Å². The van der Waals surface area contributed by atoms with Gasteiger partial charge in [0.2, 0.25) is 0 Å². The second-order valence-electron chi connectivity index (χ2n) is 4.67. The highest BCUT2D eigenvalue weighted by atomic mass is 14.6. The standard InChI is InChI=1S/C14H17N/c1-11(2)14(3)8-4-6-12-7-5-9-15-13(12)10-14/h4-11H,1-3H3. The predicted octanol–water partition coefficient (Wildman–Crippen LogP) is 1.87. The smallest absolute Gasteiger partial charge is 0.0670 e. The molecule has 0 saturated heterocycles. The molecule has 1 aromatic rings. The zero-order chi connectivity index (χ0) is 10.9. The molecule has 0 aliphatic heterocycles. The molecule has 0 saturated carbocycles. The molecule has 0 N–H and O–H groups in total. The summed E-state index contributed by atoms with van der Waals surface area (Å²) < 4.78 is 0. The van der Waals surface area contributed by atoms with Crippen LogP contribution in [0.2, 0.25) is 0 Å². The number of fused-ring (bicyclic) bond motifs is 1. The molecule has 1 aromatic heterocycles. The molecule has 1 nitrogen and oxygen atoms in total. The fourth-order valence-corrected chi connectivity index (χ4v) is 1.75. The Morgan fingerprint density at radius 2 is 2.13 bits per heavy atom. The summed E-state index contributed by atoms with van der Waals surface area (Å²) >= 11 is 0. The molecule has 1 heteroatoms. The summed E-state index contributed by atoms with van der Waals surface area (Å²) in [5.41, 5.74) is 0.107. The van der Waals surface area contributed by atoms with Gasteiger partial charge in [-0.25, -0.2) is 0 Å². The summed E-state index contributed by atoms with van der Waals surface area (Å²) in [4.78, 5) is 4.43. The maximum Gasteiger partial charge on any atom is 0.0670 e. The van der Waals surface area contributed by atoms with Gasteiger partial charge in [0.1, 0.15) is 0 Å². The van der Waals surface area contributed by atoms with Crippen LogP contribution in [-0.4, -0.2) is 4.98 Å². The van der Waals surface area contributed by atoms with Crippen LogP contribution in [0.5, 0.6) is 0 Å². The highest BCUT2D eigenvalue weighted by Crippen LogP contribution is 2.30. The van der Waals surface area contributed by atoms with E-state index in [0.29, 0.717) is 5.92 Å². The fourth-order valence-electron chi connectivity index (χ4n) is 1.75. The van der Waals surface area contributed by atoms with Crippen LogP contribution in [0.3, 0.4) is 0 Å². The summed E-state index contributed by atoms with van der Waals surface area (Å²) in [6.45, 7) is 6.75. The van der Waals surface area contributed by atoms with E-state index in [1.165, 1.54) is 5.22 Å². The zero-order valence-corrected chi connectivity index (χ0v) is 9.57. The highest BCUT2D eigenvalue weighted by molar-refractivity contribution is 5.47. The van der Waals surface area contributed by atoms with Crippen LogP contribution in [0.15, 0.2) is 30.5 Å². The van der Waals surface area contributed by atoms with E-state index in [9.17, 15) is 0 Å². The van der Waals surface area contributed by atoms with Crippen molar-refractivity contribution in [1.82, 2.24) is 4.98 Å². The molecule has 1 aliphatic rings. The molecule has 1 unspecified atom stereocenters. The number of aromatic nitrogens is 1. The predicted molar refractivity (Wildman–Crippen MR) is 64.5 cm³/mol. The van der Waals surface area contributed by atoms with Gasteiger partial charge in [0.05, 0.1) is 5.35 Å². The molecule has 0 fully saturated rings. The van der Waals surface area contributed by atoms with E-state index in [-0.39, 0.29) is 5.41 Å². The van der Waals surface area contributed by atoms with Crippen molar-refractivity contribution >= 4 is 12.2 Å². The Morgan fingerprint density at radius 3 is 2.87 bits per heavy atom. The lowest BCUT2D eigenvalue weighted by Gasteiger charge is -2.26. The Kier molecular flexibility index (Phi) is 2.47. The lowest BCUT2D eigenvalue weighted by molar-refractivity contribution is 0.409. The summed E-state index contributed by atoms with van der Waals surface area (Å²) in [7, 11) is 0. The van der Waals surface area contributed by atoms with Gasteiger partial charge in [-0.05, 0) is 23.3 Å². The lowest BCUT2D eigenvalue weighted by atomic mass is 9.79. The van der Waals surface area contributed by atoms with E-state index in [1.54, 1.807) is 0 Å². The van der Waals surface area contributed by atoms with E-state index >= 15 is 0 Å². The van der Waals surface area contributed by atoms with Gasteiger partial charge in [0, 0.05) is 11.6 Å². The zero-order valence-electron chi connectivity index (χ0n) is 9.57. The van der Waals surface area contributed by atoms with Crippen LogP contribution in [-0.2, 0) is 0 Å². The van der Waals surface area contributed by atoms with Crippen molar-refractivity contribution in [2.45, 2.75) is 20.8 Å². The van der Waals surface area contributed by atoms with Crippen LogP contribution >= 0.6 is 0 Å². The van der Waals surface area contributed by atoms with Crippen molar-refractivity contribution in [3.8, 4) is 0 Å². The van der Waals surface area contributed by atoms with Crippen molar-refractivity contribution in [2.75, 3.05) is 0 Å². The van der Waals surface area contributed by atoms with Crippen LogP contribution in [0.4, 0.5) is 0 Å². The number of hydrogen-bond acceptors (Lipinski definition) is 1. The lowest BCUT2D eigenvalue weighted by Crippen LogP contribution is -2.30. The molecule has 0 amide bonds. The van der Waals surface area contributed by atoms with Gasteiger partial charge >= 0.3 is 0 Å². The van der Waals surface area contributed by atoms with E-state index in [1.807, 2.05) is 12.3 Å².